The fraction of sp³-hybridized carbons (Fsp3) is 0.0189. The highest BCUT2D eigenvalue weighted by Crippen LogP contribution is 2.47. The largest absolute Gasteiger partial charge is 0.455 e. The number of fused-ring (bicyclic) bond motifs is 8. The highest BCUT2D eigenvalue weighted by atomic mass is 16.3. The smallest absolute Gasteiger partial charge is 0.143 e. The molecule has 0 aliphatic rings. The van der Waals surface area contributed by atoms with Gasteiger partial charge in [-0.25, -0.2) is 0 Å². The summed E-state index contributed by atoms with van der Waals surface area (Å²) >= 11 is 0. The Morgan fingerprint density at radius 3 is 1.74 bits per heavy atom. The molecule has 0 saturated heterocycles. The Hall–Kier alpha value is -6.96. The Morgan fingerprint density at radius 1 is 0.407 bits per heavy atom. The zero-order valence-electron chi connectivity index (χ0n) is 39.0. The van der Waals surface area contributed by atoms with Crippen molar-refractivity contribution in [2.75, 3.05) is 0 Å². The lowest BCUT2D eigenvalue weighted by Crippen LogP contribution is -1.92. The lowest BCUT2D eigenvalue weighted by atomic mass is 9.83. The van der Waals surface area contributed by atoms with E-state index in [-0.39, 0.29) is 47.4 Å². The summed E-state index contributed by atoms with van der Waals surface area (Å²) in [6.45, 7) is 2.08. The van der Waals surface area contributed by atoms with Gasteiger partial charge in [-0.3, -0.25) is 0 Å². The molecule has 10 aromatic carbocycles. The predicted molar refractivity (Wildman–Crippen MR) is 230 cm³/mol. The third-order valence-corrected chi connectivity index (χ3v) is 10.7. The van der Waals surface area contributed by atoms with Crippen molar-refractivity contribution in [2.24, 2.45) is 0 Å². The summed E-state index contributed by atoms with van der Waals surface area (Å²) in [6, 6.07) is 38.6. The van der Waals surface area contributed by atoms with Gasteiger partial charge in [0.15, 0.2) is 0 Å². The number of rotatable bonds is 4. The van der Waals surface area contributed by atoms with Crippen molar-refractivity contribution in [1.82, 2.24) is 0 Å². The Balaban J connectivity index is 1.18. The van der Waals surface area contributed by atoms with Crippen molar-refractivity contribution in [3.05, 3.63) is 193 Å². The first kappa shape index (κ1) is 22.2. The van der Waals surface area contributed by atoms with Crippen LogP contribution in [-0.2, 0) is 0 Å². The van der Waals surface area contributed by atoms with Crippen LogP contribution in [0, 0.1) is 6.92 Å². The summed E-state index contributed by atoms with van der Waals surface area (Å²) in [6.07, 6.45) is 0. The molecular weight excluding hydrogens is 653 g/mol. The van der Waals surface area contributed by atoms with Crippen molar-refractivity contribution in [3.63, 3.8) is 0 Å². The van der Waals surface area contributed by atoms with Crippen molar-refractivity contribution in [3.8, 4) is 44.5 Å². The predicted octanol–water partition coefficient (Wildman–Crippen LogP) is 15.2. The molecule has 0 atom stereocenters. The Bertz CT molecular complexity index is 3750. The molecule has 1 heterocycles. The molecule has 0 fully saturated rings. The normalized spacial score (nSPS) is 14.4. The van der Waals surface area contributed by atoms with Gasteiger partial charge in [0.25, 0.3) is 0 Å². The van der Waals surface area contributed by atoms with Crippen LogP contribution >= 0.6 is 0 Å². The van der Waals surface area contributed by atoms with Crippen molar-refractivity contribution in [2.45, 2.75) is 6.92 Å². The van der Waals surface area contributed by atoms with Gasteiger partial charge in [0.1, 0.15) is 11.2 Å². The monoisotopic (exact) mass is 696 g/mol. The van der Waals surface area contributed by atoms with Crippen LogP contribution in [0.4, 0.5) is 0 Å². The summed E-state index contributed by atoms with van der Waals surface area (Å²) < 4.78 is 92.4. The van der Waals surface area contributed by atoms with Gasteiger partial charge < -0.3 is 4.42 Å². The van der Waals surface area contributed by atoms with Crippen LogP contribution in [0.2, 0.25) is 0 Å². The van der Waals surface area contributed by atoms with Gasteiger partial charge in [0.2, 0.25) is 0 Å². The average molecular weight is 697 g/mol. The molecule has 0 radical (unpaired) electrons. The first-order chi connectivity index (χ1) is 30.8. The van der Waals surface area contributed by atoms with Gasteiger partial charge in [-0.2, -0.15) is 0 Å². The molecule has 11 rings (SSSR count). The molecule has 11 aromatic rings. The second kappa shape index (κ2) is 12.0. The van der Waals surface area contributed by atoms with Crippen LogP contribution in [0.1, 0.15) is 19.3 Å². The fourth-order valence-electron chi connectivity index (χ4n) is 8.38. The Labute approximate surface area is 327 Å². The number of para-hydroxylation sites is 1. The van der Waals surface area contributed by atoms with Gasteiger partial charge in [-0.05, 0) is 107 Å². The lowest BCUT2D eigenvalue weighted by molar-refractivity contribution is 0.670. The lowest BCUT2D eigenvalue weighted by Gasteiger charge is -2.20. The maximum absolute atomic E-state index is 9.01. The first-order valence-corrected chi connectivity index (χ1v) is 17.9. The highest BCUT2D eigenvalue weighted by molar-refractivity contribution is 6.26. The third kappa shape index (κ3) is 4.65. The minimum Gasteiger partial charge on any atom is -0.455 e. The van der Waals surface area contributed by atoms with Crippen LogP contribution in [0.15, 0.2) is 192 Å². The van der Waals surface area contributed by atoms with Crippen LogP contribution in [0.5, 0.6) is 0 Å². The van der Waals surface area contributed by atoms with E-state index in [0.717, 1.165) is 76.3 Å². The average Bonchev–Trinajstić information content (AvgIpc) is 3.70. The minimum atomic E-state index is -0.445. The van der Waals surface area contributed by atoms with Crippen LogP contribution < -0.4 is 0 Å². The van der Waals surface area contributed by atoms with Gasteiger partial charge in [0, 0.05) is 16.3 Å². The molecule has 54 heavy (non-hydrogen) atoms. The molecule has 1 nitrogen and oxygen atoms in total. The number of benzene rings is 10. The summed E-state index contributed by atoms with van der Waals surface area (Å²) in [5.41, 5.74) is 7.25. The van der Waals surface area contributed by atoms with E-state index in [9.17, 15) is 0 Å². The van der Waals surface area contributed by atoms with E-state index in [1.54, 1.807) is 12.1 Å². The molecule has 0 spiro atoms. The molecule has 0 aliphatic carbocycles. The molecule has 0 amide bonds. The second-order valence-corrected chi connectivity index (χ2v) is 13.7. The number of hydrogen-bond acceptors (Lipinski definition) is 1. The first-order valence-electron chi connectivity index (χ1n) is 22.9. The van der Waals surface area contributed by atoms with E-state index in [2.05, 4.69) is 49.4 Å². The fourth-order valence-corrected chi connectivity index (χ4v) is 8.38. The van der Waals surface area contributed by atoms with E-state index in [1.807, 2.05) is 72.8 Å². The molecule has 0 aliphatic heterocycles. The molecular formula is C53H34O. The summed E-state index contributed by atoms with van der Waals surface area (Å²) in [5.74, 6) is 0. The zero-order chi connectivity index (χ0) is 44.5. The highest BCUT2D eigenvalue weighted by Gasteiger charge is 2.20. The van der Waals surface area contributed by atoms with E-state index < -0.39 is 24.2 Å². The Morgan fingerprint density at radius 2 is 1.02 bits per heavy atom. The SMILES string of the molecule is [2H]c1c([2H])c([2H])c(-c2c3ccccc3c(-c3cc4cc(-c5cccc6c5oc5cccc(-c7c([2H])c([2H])c([2H])c([2H])c7[2H])c56)ccc4c4cc(C)ccc34)c3ccccc23)c([2H])c1[2H]. The minimum absolute atomic E-state index is 0.117. The van der Waals surface area contributed by atoms with Crippen LogP contribution in [-0.4, -0.2) is 0 Å². The molecule has 1 heteroatoms. The topological polar surface area (TPSA) is 13.1 Å². The summed E-state index contributed by atoms with van der Waals surface area (Å²) in [7, 11) is 0. The molecule has 0 bridgehead atoms. The maximum atomic E-state index is 9.01. The van der Waals surface area contributed by atoms with Crippen molar-refractivity contribution < 1.29 is 18.1 Å². The summed E-state index contributed by atoms with van der Waals surface area (Å²) in [5, 5.41) is 8.83. The van der Waals surface area contributed by atoms with E-state index in [1.165, 1.54) is 0 Å². The van der Waals surface area contributed by atoms with Gasteiger partial charge >= 0.3 is 0 Å². The summed E-state index contributed by atoms with van der Waals surface area (Å²) in [4.78, 5) is 0. The third-order valence-electron chi connectivity index (χ3n) is 10.7. The number of hydrogen-bond donors (Lipinski definition) is 0. The quantitative estimate of drug-likeness (QED) is 0.132. The Kier molecular flexibility index (Phi) is 4.95. The molecule has 252 valence electrons. The van der Waals surface area contributed by atoms with E-state index in [0.29, 0.717) is 27.7 Å². The van der Waals surface area contributed by atoms with Gasteiger partial charge in [-0.15, -0.1) is 0 Å². The molecule has 0 saturated carbocycles. The van der Waals surface area contributed by atoms with Crippen molar-refractivity contribution >= 4 is 65.0 Å². The van der Waals surface area contributed by atoms with E-state index in [4.69, 9.17) is 18.1 Å². The van der Waals surface area contributed by atoms with Crippen LogP contribution in [0.3, 0.4) is 0 Å². The molecule has 0 N–H and O–H groups in total. The zero-order valence-corrected chi connectivity index (χ0v) is 29.0. The van der Waals surface area contributed by atoms with Crippen LogP contribution in [0.25, 0.3) is 110 Å². The second-order valence-electron chi connectivity index (χ2n) is 13.7. The molecule has 0 unspecified atom stereocenters. The van der Waals surface area contributed by atoms with Gasteiger partial charge in [0.05, 0.1) is 13.7 Å². The number of furan rings is 1. The standard InChI is InChI=1S/C53H34O/c1-33-26-28-41-47(30-33)38-29-27-36(40-23-12-24-46-52-39(34-14-4-2-5-15-34)22-13-25-49(52)54-53(40)46)31-37(38)32-48(41)51-44-20-10-8-18-42(44)50(35-16-6-3-7-17-35)43-19-9-11-21-45(43)51/h2-32H,1H3/i2D,3D,4D,5D,6D,7D,14D,15D,16D,17D. The maximum Gasteiger partial charge on any atom is 0.143 e. The van der Waals surface area contributed by atoms with Crippen molar-refractivity contribution in [1.29, 1.82) is 0 Å². The molecule has 1 aromatic heterocycles. The number of aryl methyl sites for hydroxylation is 1. The van der Waals surface area contributed by atoms with Gasteiger partial charge in [-0.1, -0.05) is 175 Å². The van der Waals surface area contributed by atoms with E-state index >= 15 is 0 Å².